The zero-order chi connectivity index (χ0) is 13.9. The number of fused-ring (bicyclic) bond motifs is 1. The normalized spacial score (nSPS) is 8.57. The van der Waals surface area contributed by atoms with Crippen molar-refractivity contribution in [2.45, 2.75) is 0 Å². The van der Waals surface area contributed by atoms with Gasteiger partial charge in [0.15, 0.2) is 0 Å². The van der Waals surface area contributed by atoms with Crippen LogP contribution in [0.3, 0.4) is 0 Å². The summed E-state index contributed by atoms with van der Waals surface area (Å²) in [5, 5.41) is 2.62. The molecule has 1 heteroatoms. The topological polar surface area (TPSA) is 0 Å². The molecule has 0 N–H and O–H groups in total. The van der Waals surface area contributed by atoms with E-state index < -0.39 is 0 Å². The van der Waals surface area contributed by atoms with Crippen molar-refractivity contribution >= 4 is 10.8 Å². The van der Waals surface area contributed by atoms with E-state index in [1.165, 1.54) is 10.8 Å². The fourth-order valence-electron chi connectivity index (χ4n) is 1.77. The molecule has 4 aromatic rings. The summed E-state index contributed by atoms with van der Waals surface area (Å²) in [6.45, 7) is 0. The van der Waals surface area contributed by atoms with Gasteiger partial charge in [0.2, 0.25) is 0 Å². The monoisotopic (exact) mass is 314 g/mol. The molecule has 0 saturated carbocycles. The van der Waals surface area contributed by atoms with Crippen molar-refractivity contribution in [2.75, 3.05) is 0 Å². The molecule has 0 atom stereocenters. The first-order valence-electron chi connectivity index (χ1n) is 6.74. The van der Waals surface area contributed by atoms with Crippen LogP contribution >= 0.6 is 0 Å². The fourth-order valence-corrected chi connectivity index (χ4v) is 1.77. The van der Waals surface area contributed by atoms with Crippen LogP contribution in [0, 0.1) is 0 Å². The summed E-state index contributed by atoms with van der Waals surface area (Å²) in [6, 6.07) is 36.7. The van der Waals surface area contributed by atoms with Crippen LogP contribution in [-0.2, 0) is 17.1 Å². The first-order valence-corrected chi connectivity index (χ1v) is 6.74. The summed E-state index contributed by atoms with van der Waals surface area (Å²) in [5.41, 5.74) is 0. The van der Waals surface area contributed by atoms with E-state index in [1.807, 2.05) is 60.7 Å². The Hall–Kier alpha value is -2.08. The summed E-state index contributed by atoms with van der Waals surface area (Å²) < 4.78 is 0. The third-order valence-electron chi connectivity index (χ3n) is 2.77. The van der Waals surface area contributed by atoms with E-state index in [0.717, 1.165) is 0 Å². The minimum atomic E-state index is 0. The van der Waals surface area contributed by atoms with E-state index in [0.29, 0.717) is 0 Å². The van der Waals surface area contributed by atoms with Gasteiger partial charge in [-0.3, -0.25) is 0 Å². The number of hydrogen-bond donors (Lipinski definition) is 0. The second kappa shape index (κ2) is 10.7. The van der Waals surface area contributed by atoms with Gasteiger partial charge in [-0.25, -0.2) is 24.3 Å². The Bertz CT molecular complexity index is 538. The molecule has 0 aromatic heterocycles. The molecule has 21 heavy (non-hydrogen) atoms. The standard InChI is InChI=1S/C10H8.2C5H5.Fe/c1-2-6-10-8-4-3-7-9(10)5-1;2*1-2-4-5-3-1;/h1-8H;2*1-5H;/q;2*-1;+2. The van der Waals surface area contributed by atoms with Gasteiger partial charge >= 0.3 is 17.1 Å². The molecule has 106 valence electrons. The van der Waals surface area contributed by atoms with Crippen molar-refractivity contribution in [3.63, 3.8) is 0 Å². The van der Waals surface area contributed by atoms with Crippen LogP contribution in [0.15, 0.2) is 109 Å². The average molecular weight is 314 g/mol. The molecule has 0 amide bonds. The predicted octanol–water partition coefficient (Wildman–Crippen LogP) is 5.65. The average Bonchev–Trinajstić information content (AvgIpc) is 3.25. The molecular weight excluding hydrogens is 296 g/mol. The van der Waals surface area contributed by atoms with Gasteiger partial charge < -0.3 is 0 Å². The van der Waals surface area contributed by atoms with Crippen molar-refractivity contribution in [3.8, 4) is 0 Å². The first-order chi connectivity index (χ1) is 9.97. The Morgan fingerprint density at radius 1 is 0.429 bits per heavy atom. The first kappa shape index (κ1) is 17.0. The Balaban J connectivity index is 0.000000171. The Labute approximate surface area is 137 Å². The van der Waals surface area contributed by atoms with Gasteiger partial charge in [0.05, 0.1) is 0 Å². The number of benzene rings is 2. The smallest absolute Gasteiger partial charge is 0.214 e. The second-order valence-electron chi connectivity index (χ2n) is 4.27. The zero-order valence-corrected chi connectivity index (χ0v) is 12.9. The maximum Gasteiger partial charge on any atom is 2.00 e. The van der Waals surface area contributed by atoms with Crippen molar-refractivity contribution in [2.24, 2.45) is 0 Å². The van der Waals surface area contributed by atoms with Crippen LogP contribution in [-0.4, -0.2) is 0 Å². The van der Waals surface area contributed by atoms with Crippen LogP contribution in [0.5, 0.6) is 0 Å². The van der Waals surface area contributed by atoms with Crippen molar-refractivity contribution < 1.29 is 17.1 Å². The Morgan fingerprint density at radius 2 is 0.714 bits per heavy atom. The maximum atomic E-state index is 2.12. The molecular formula is C20H18Fe. The van der Waals surface area contributed by atoms with Gasteiger partial charge in [-0.2, -0.15) is 36.4 Å². The molecule has 0 aliphatic carbocycles. The van der Waals surface area contributed by atoms with Gasteiger partial charge in [-0.15, -0.1) is 0 Å². The Kier molecular flexibility index (Phi) is 8.63. The Morgan fingerprint density at radius 3 is 0.905 bits per heavy atom. The minimum Gasteiger partial charge on any atom is -0.214 e. The van der Waals surface area contributed by atoms with Crippen LogP contribution in [0.2, 0.25) is 0 Å². The van der Waals surface area contributed by atoms with Gasteiger partial charge in [0.25, 0.3) is 0 Å². The van der Waals surface area contributed by atoms with E-state index in [-0.39, 0.29) is 17.1 Å². The summed E-state index contributed by atoms with van der Waals surface area (Å²) in [5.74, 6) is 0. The van der Waals surface area contributed by atoms with E-state index in [2.05, 4.69) is 48.5 Å². The van der Waals surface area contributed by atoms with Gasteiger partial charge in [-0.05, 0) is 10.8 Å². The third kappa shape index (κ3) is 6.76. The fraction of sp³-hybridized carbons (Fsp3) is 0. The SMILES string of the molecule is [Fe+2].c1cc[cH-]c1.c1cc[cH-]c1.c1ccc2ccccc2c1. The quantitative estimate of drug-likeness (QED) is 0.291. The van der Waals surface area contributed by atoms with Crippen molar-refractivity contribution in [3.05, 3.63) is 109 Å². The molecule has 0 radical (unpaired) electrons. The van der Waals surface area contributed by atoms with E-state index in [4.69, 9.17) is 0 Å². The van der Waals surface area contributed by atoms with Crippen LogP contribution < -0.4 is 0 Å². The molecule has 0 fully saturated rings. The van der Waals surface area contributed by atoms with Crippen LogP contribution in [0.4, 0.5) is 0 Å². The predicted molar refractivity (Wildman–Crippen MR) is 88.0 cm³/mol. The van der Waals surface area contributed by atoms with E-state index >= 15 is 0 Å². The number of rotatable bonds is 0. The molecule has 0 aliphatic heterocycles. The van der Waals surface area contributed by atoms with Gasteiger partial charge in [0, 0.05) is 0 Å². The van der Waals surface area contributed by atoms with Crippen LogP contribution in [0.1, 0.15) is 0 Å². The summed E-state index contributed by atoms with van der Waals surface area (Å²) in [7, 11) is 0. The van der Waals surface area contributed by atoms with Crippen molar-refractivity contribution in [1.82, 2.24) is 0 Å². The molecule has 4 rings (SSSR count). The summed E-state index contributed by atoms with van der Waals surface area (Å²) in [4.78, 5) is 0. The molecule has 0 aliphatic rings. The second-order valence-corrected chi connectivity index (χ2v) is 4.27. The van der Waals surface area contributed by atoms with Crippen molar-refractivity contribution in [1.29, 1.82) is 0 Å². The molecule has 0 spiro atoms. The molecule has 0 heterocycles. The largest absolute Gasteiger partial charge is 2.00 e. The van der Waals surface area contributed by atoms with Crippen LogP contribution in [0.25, 0.3) is 10.8 Å². The van der Waals surface area contributed by atoms with E-state index in [9.17, 15) is 0 Å². The molecule has 0 unspecified atom stereocenters. The third-order valence-corrected chi connectivity index (χ3v) is 2.77. The van der Waals surface area contributed by atoms with Gasteiger partial charge in [-0.1, -0.05) is 48.5 Å². The molecule has 0 saturated heterocycles. The summed E-state index contributed by atoms with van der Waals surface area (Å²) >= 11 is 0. The number of hydrogen-bond acceptors (Lipinski definition) is 0. The van der Waals surface area contributed by atoms with E-state index in [1.54, 1.807) is 0 Å². The zero-order valence-electron chi connectivity index (χ0n) is 11.7. The molecule has 0 nitrogen and oxygen atoms in total. The molecule has 0 bridgehead atoms. The van der Waals surface area contributed by atoms with Gasteiger partial charge in [0.1, 0.15) is 0 Å². The molecule has 4 aromatic carbocycles. The maximum absolute atomic E-state index is 2.12. The summed E-state index contributed by atoms with van der Waals surface area (Å²) in [6.07, 6.45) is 0. The minimum absolute atomic E-state index is 0.